The Kier molecular flexibility index (Phi) is 1.90. The lowest BCUT2D eigenvalue weighted by Gasteiger charge is -2.25. The topological polar surface area (TPSA) is 15.6 Å². The van der Waals surface area contributed by atoms with Crippen LogP contribution in [0, 0.1) is 0 Å². The van der Waals surface area contributed by atoms with Gasteiger partial charge in [-0.25, -0.2) is 0 Å². The third-order valence-corrected chi connectivity index (χ3v) is 1.42. The Morgan fingerprint density at radius 3 is 2.70 bits per heavy atom. The van der Waals surface area contributed by atoms with Gasteiger partial charge in [0.15, 0.2) is 0 Å². The first-order valence-corrected chi connectivity index (χ1v) is 3.39. The van der Waals surface area contributed by atoms with E-state index in [-0.39, 0.29) is 0 Å². The summed E-state index contributed by atoms with van der Waals surface area (Å²) >= 11 is 0. The summed E-state index contributed by atoms with van der Waals surface area (Å²) in [7, 11) is 0. The van der Waals surface area contributed by atoms with Crippen LogP contribution >= 0.6 is 0 Å². The molecule has 0 atom stereocenters. The van der Waals surface area contributed by atoms with Crippen molar-refractivity contribution in [2.45, 2.75) is 19.9 Å². The second kappa shape index (κ2) is 2.69. The molecule has 0 unspecified atom stereocenters. The third-order valence-electron chi connectivity index (χ3n) is 1.42. The number of hydrogen-bond donors (Lipinski definition) is 0. The Balaban J connectivity index is 2.70. The van der Waals surface area contributed by atoms with Crippen molar-refractivity contribution in [2.24, 2.45) is 4.99 Å². The maximum Gasteiger partial charge on any atom is 0.0522 e. The third kappa shape index (κ3) is 1.26. The molecule has 1 aliphatic heterocycles. The molecule has 0 aromatic carbocycles. The summed E-state index contributed by atoms with van der Waals surface area (Å²) in [4.78, 5) is 6.02. The molecule has 2 nitrogen and oxygen atoms in total. The van der Waals surface area contributed by atoms with E-state index in [0.29, 0.717) is 6.04 Å². The highest BCUT2D eigenvalue weighted by Crippen LogP contribution is 2.09. The predicted molar refractivity (Wildman–Crippen MR) is 43.7 cm³/mol. The fraction of sp³-hybridized carbons (Fsp3) is 0.375. The zero-order valence-corrected chi connectivity index (χ0v) is 6.41. The Morgan fingerprint density at radius 1 is 1.60 bits per heavy atom. The van der Waals surface area contributed by atoms with E-state index in [1.807, 2.05) is 6.20 Å². The Labute approximate surface area is 61.6 Å². The van der Waals surface area contributed by atoms with Crippen molar-refractivity contribution in [3.8, 4) is 0 Å². The molecule has 10 heavy (non-hydrogen) atoms. The molecule has 0 aromatic heterocycles. The molecule has 1 heterocycles. The van der Waals surface area contributed by atoms with Crippen LogP contribution in [0.25, 0.3) is 0 Å². The summed E-state index contributed by atoms with van der Waals surface area (Å²) in [5.74, 6) is 0. The van der Waals surface area contributed by atoms with Gasteiger partial charge in [0.2, 0.25) is 0 Å². The molecule has 1 rings (SSSR count). The average Bonchev–Trinajstić information content (AvgIpc) is 1.88. The largest absolute Gasteiger partial charge is 0.343 e. The lowest BCUT2D eigenvalue weighted by molar-refractivity contribution is 0.401. The molecule has 0 aliphatic carbocycles. The number of hydrogen-bond acceptors (Lipinski definition) is 2. The maximum absolute atomic E-state index is 3.94. The lowest BCUT2D eigenvalue weighted by Crippen LogP contribution is -2.25. The van der Waals surface area contributed by atoms with Crippen molar-refractivity contribution in [1.29, 1.82) is 0 Å². The van der Waals surface area contributed by atoms with E-state index in [9.17, 15) is 0 Å². The lowest BCUT2D eigenvalue weighted by atomic mass is 10.3. The van der Waals surface area contributed by atoms with Gasteiger partial charge in [-0.3, -0.25) is 4.99 Å². The molecule has 0 aromatic rings. The van der Waals surface area contributed by atoms with Crippen molar-refractivity contribution in [3.05, 3.63) is 24.7 Å². The zero-order chi connectivity index (χ0) is 7.56. The van der Waals surface area contributed by atoms with E-state index in [4.69, 9.17) is 0 Å². The van der Waals surface area contributed by atoms with Crippen LogP contribution < -0.4 is 0 Å². The first-order chi connectivity index (χ1) is 4.72. The summed E-state index contributed by atoms with van der Waals surface area (Å²) in [6.45, 7) is 8.08. The van der Waals surface area contributed by atoms with E-state index in [0.717, 1.165) is 5.70 Å². The number of nitrogens with zero attached hydrogens (tertiary/aromatic N) is 2. The normalized spacial score (nSPS) is 17.1. The Bertz CT molecular complexity index is 189. The van der Waals surface area contributed by atoms with Crippen LogP contribution in [0.4, 0.5) is 0 Å². The molecule has 0 saturated heterocycles. The highest BCUT2D eigenvalue weighted by Gasteiger charge is 2.07. The molecule has 0 spiro atoms. The standard InChI is InChI=1S/C8H12N2/c1-7(2)10-5-4-9-6-8(10)3/h4-7H,3H2,1-2H3. The molecule has 0 fully saturated rings. The van der Waals surface area contributed by atoms with Crippen LogP contribution in [0.5, 0.6) is 0 Å². The van der Waals surface area contributed by atoms with Gasteiger partial charge in [0.1, 0.15) is 0 Å². The maximum atomic E-state index is 3.94. The van der Waals surface area contributed by atoms with Crippen LogP contribution in [0.15, 0.2) is 29.7 Å². The van der Waals surface area contributed by atoms with E-state index >= 15 is 0 Å². The highest BCUT2D eigenvalue weighted by atomic mass is 15.2. The number of allylic oxidation sites excluding steroid dienone is 1. The van der Waals surface area contributed by atoms with Crippen LogP contribution in [0.2, 0.25) is 0 Å². The zero-order valence-electron chi connectivity index (χ0n) is 6.41. The fourth-order valence-corrected chi connectivity index (χ4v) is 0.906. The van der Waals surface area contributed by atoms with Crippen molar-refractivity contribution >= 4 is 6.21 Å². The molecular formula is C8H12N2. The highest BCUT2D eigenvalue weighted by molar-refractivity contribution is 5.78. The summed E-state index contributed by atoms with van der Waals surface area (Å²) in [5, 5.41) is 0. The van der Waals surface area contributed by atoms with Crippen LogP contribution in [0.3, 0.4) is 0 Å². The monoisotopic (exact) mass is 136 g/mol. The van der Waals surface area contributed by atoms with Crippen LogP contribution in [0.1, 0.15) is 13.8 Å². The first kappa shape index (κ1) is 7.06. The van der Waals surface area contributed by atoms with Crippen molar-refractivity contribution in [1.82, 2.24) is 4.90 Å². The van der Waals surface area contributed by atoms with E-state index in [2.05, 4.69) is 30.3 Å². The van der Waals surface area contributed by atoms with Gasteiger partial charge in [-0.05, 0) is 13.8 Å². The SMILES string of the molecule is C=C1C=NC=CN1C(C)C. The van der Waals surface area contributed by atoms with Crippen molar-refractivity contribution in [2.75, 3.05) is 0 Å². The molecular weight excluding hydrogens is 124 g/mol. The van der Waals surface area contributed by atoms with E-state index < -0.39 is 0 Å². The van der Waals surface area contributed by atoms with Gasteiger partial charge in [0, 0.05) is 24.7 Å². The molecule has 2 heteroatoms. The molecule has 0 N–H and O–H groups in total. The van der Waals surface area contributed by atoms with Gasteiger partial charge in [-0.1, -0.05) is 6.58 Å². The van der Waals surface area contributed by atoms with Crippen molar-refractivity contribution in [3.63, 3.8) is 0 Å². The van der Waals surface area contributed by atoms with Crippen LogP contribution in [-0.4, -0.2) is 17.2 Å². The number of rotatable bonds is 1. The summed E-state index contributed by atoms with van der Waals surface area (Å²) in [6, 6.07) is 0.468. The minimum Gasteiger partial charge on any atom is -0.343 e. The first-order valence-electron chi connectivity index (χ1n) is 3.39. The Hall–Kier alpha value is -1.05. The van der Waals surface area contributed by atoms with Gasteiger partial charge < -0.3 is 4.90 Å². The van der Waals surface area contributed by atoms with Gasteiger partial charge in [-0.2, -0.15) is 0 Å². The van der Waals surface area contributed by atoms with Gasteiger partial charge in [0.25, 0.3) is 0 Å². The van der Waals surface area contributed by atoms with Gasteiger partial charge in [0.05, 0.1) is 5.70 Å². The fourth-order valence-electron chi connectivity index (χ4n) is 0.906. The second-order valence-electron chi connectivity index (χ2n) is 2.57. The van der Waals surface area contributed by atoms with Crippen LogP contribution in [-0.2, 0) is 0 Å². The van der Waals surface area contributed by atoms with E-state index in [1.54, 1.807) is 12.4 Å². The summed E-state index contributed by atoms with van der Waals surface area (Å²) < 4.78 is 0. The molecule has 0 saturated carbocycles. The van der Waals surface area contributed by atoms with Crippen molar-refractivity contribution < 1.29 is 0 Å². The second-order valence-corrected chi connectivity index (χ2v) is 2.57. The average molecular weight is 136 g/mol. The minimum atomic E-state index is 0.468. The molecule has 54 valence electrons. The minimum absolute atomic E-state index is 0.468. The molecule has 0 amide bonds. The molecule has 0 bridgehead atoms. The smallest absolute Gasteiger partial charge is 0.0522 e. The molecule has 1 aliphatic rings. The van der Waals surface area contributed by atoms with Gasteiger partial charge in [-0.15, -0.1) is 0 Å². The Morgan fingerprint density at radius 2 is 2.30 bits per heavy atom. The quantitative estimate of drug-likeness (QED) is 0.536. The number of aliphatic imine (C=N–C) groups is 1. The summed E-state index contributed by atoms with van der Waals surface area (Å²) in [5.41, 5.74) is 0.956. The van der Waals surface area contributed by atoms with E-state index in [1.165, 1.54) is 0 Å². The summed E-state index contributed by atoms with van der Waals surface area (Å²) in [6.07, 6.45) is 5.47. The molecule has 0 radical (unpaired) electrons. The predicted octanol–water partition coefficient (Wildman–Crippen LogP) is 1.77. The van der Waals surface area contributed by atoms with Gasteiger partial charge >= 0.3 is 0 Å².